The van der Waals surface area contributed by atoms with Gasteiger partial charge in [-0.2, -0.15) is 0 Å². The molecule has 310 valence electrons. The zero-order valence-corrected chi connectivity index (χ0v) is 35.6. The Bertz CT molecular complexity index is 2300. The number of anilines is 4. The highest BCUT2D eigenvalue weighted by Gasteiger charge is 2.29. The number of piperazine rings is 1. The van der Waals surface area contributed by atoms with Gasteiger partial charge in [-0.05, 0) is 75.3 Å². The van der Waals surface area contributed by atoms with Crippen LogP contribution >= 0.6 is 22.7 Å². The van der Waals surface area contributed by atoms with E-state index in [0.29, 0.717) is 78.6 Å². The van der Waals surface area contributed by atoms with Crippen molar-refractivity contribution in [2.75, 3.05) is 56.1 Å². The zero-order valence-electron chi connectivity index (χ0n) is 33.9. The van der Waals surface area contributed by atoms with Gasteiger partial charge in [-0.3, -0.25) is 9.69 Å². The molecule has 3 aromatic heterocycles. The predicted octanol–water partition coefficient (Wildman–Crippen LogP) is 8.63. The van der Waals surface area contributed by atoms with Gasteiger partial charge < -0.3 is 25.0 Å². The van der Waals surface area contributed by atoms with E-state index in [4.69, 9.17) is 4.74 Å². The van der Waals surface area contributed by atoms with Crippen LogP contribution in [0.4, 0.5) is 26.3 Å². The minimum atomic E-state index is -1.10. The molecule has 2 aliphatic rings. The largest absolute Gasteiger partial charge is 0.491 e. The molecule has 2 N–H and O–H groups in total. The first-order valence-electron chi connectivity index (χ1n) is 20.6. The third-order valence-corrected chi connectivity index (χ3v) is 13.0. The van der Waals surface area contributed by atoms with Crippen molar-refractivity contribution in [3.05, 3.63) is 75.5 Å². The summed E-state index contributed by atoms with van der Waals surface area (Å²) in [6.07, 6.45) is 7.69. The second-order valence-electron chi connectivity index (χ2n) is 15.3. The van der Waals surface area contributed by atoms with E-state index in [2.05, 4.69) is 56.1 Å². The van der Waals surface area contributed by atoms with Gasteiger partial charge in [0.1, 0.15) is 0 Å². The smallest absolute Gasteiger partial charge is 0.355 e. The molecular formula is C44H51FN8O4S2. The molecule has 15 heteroatoms. The van der Waals surface area contributed by atoms with Gasteiger partial charge in [-0.25, -0.2) is 19.2 Å². The van der Waals surface area contributed by atoms with Gasteiger partial charge in [0.2, 0.25) is 5.91 Å². The molecule has 1 amide bonds. The topological polar surface area (TPSA) is 137 Å². The van der Waals surface area contributed by atoms with Crippen molar-refractivity contribution in [2.24, 2.45) is 5.92 Å². The van der Waals surface area contributed by atoms with Crippen LogP contribution in [0.1, 0.15) is 90.8 Å². The summed E-state index contributed by atoms with van der Waals surface area (Å²) in [5.74, 6) is 6.88. The molecule has 0 bridgehead atoms. The quantitative estimate of drug-likeness (QED) is 0.0730. The van der Waals surface area contributed by atoms with Gasteiger partial charge in [-0.1, -0.05) is 68.4 Å². The molecule has 5 heterocycles. The number of carboxylic acid groups (broad SMARTS) is 1. The lowest BCUT2D eigenvalue weighted by Crippen LogP contribution is -2.48. The average Bonchev–Trinajstić information content (AvgIpc) is 3.87. The Hall–Kier alpha value is -5.17. The summed E-state index contributed by atoms with van der Waals surface area (Å²) in [6.45, 7) is 10.8. The molecule has 0 radical (unpaired) electrons. The summed E-state index contributed by atoms with van der Waals surface area (Å²) in [6, 6.07) is 12.7. The second-order valence-corrected chi connectivity index (χ2v) is 17.4. The highest BCUT2D eigenvalue weighted by molar-refractivity contribution is 7.22. The number of amides is 1. The molecule has 0 saturated carbocycles. The molecule has 59 heavy (non-hydrogen) atoms. The number of nitrogens with zero attached hydrogens (tertiary/aromatic N) is 7. The lowest BCUT2D eigenvalue weighted by Gasteiger charge is -2.34. The number of carboxylic acids is 1. The van der Waals surface area contributed by atoms with Crippen LogP contribution in [0.2, 0.25) is 0 Å². The van der Waals surface area contributed by atoms with Crippen molar-refractivity contribution >= 4 is 66.7 Å². The summed E-state index contributed by atoms with van der Waals surface area (Å²) in [4.78, 5) is 40.9. The molecule has 5 aromatic rings. The maximum Gasteiger partial charge on any atom is 0.355 e. The number of nitrogens with one attached hydrogen (secondary N) is 1. The first kappa shape index (κ1) is 42.0. The number of aromatic carboxylic acids is 1. The average molecular weight is 839 g/mol. The Morgan fingerprint density at radius 1 is 1.03 bits per heavy atom. The van der Waals surface area contributed by atoms with Crippen molar-refractivity contribution in [1.29, 1.82) is 0 Å². The van der Waals surface area contributed by atoms with E-state index in [1.54, 1.807) is 23.5 Å². The number of aromatic nitrogens is 4. The van der Waals surface area contributed by atoms with Crippen LogP contribution in [0.25, 0.3) is 10.2 Å². The number of ether oxygens (including phenoxy) is 1. The molecule has 2 aliphatic heterocycles. The SMILES string of the molecule is CCCCC(C)CCC(=O)N1CCN(CC#Cc2ccc(OCCCc3sc(N4CCCc5c4nnc(Nc4nc6ccccc6s4)c5C)nc3C(=O)O)c(F)c2)CC1. The number of para-hydroxylation sites is 1. The van der Waals surface area contributed by atoms with Gasteiger partial charge in [0.25, 0.3) is 0 Å². The maximum atomic E-state index is 15.0. The predicted molar refractivity (Wildman–Crippen MR) is 232 cm³/mol. The van der Waals surface area contributed by atoms with Crippen LogP contribution in [0.5, 0.6) is 5.75 Å². The van der Waals surface area contributed by atoms with Crippen molar-refractivity contribution in [1.82, 2.24) is 30.0 Å². The van der Waals surface area contributed by atoms with Crippen LogP contribution in [0.15, 0.2) is 42.5 Å². The van der Waals surface area contributed by atoms with E-state index in [1.165, 1.54) is 36.7 Å². The first-order valence-corrected chi connectivity index (χ1v) is 22.2. The Morgan fingerprint density at radius 2 is 1.86 bits per heavy atom. The summed E-state index contributed by atoms with van der Waals surface area (Å²) in [5.41, 5.74) is 3.49. The molecular weight excluding hydrogens is 788 g/mol. The van der Waals surface area contributed by atoms with Crippen molar-refractivity contribution < 1.29 is 23.8 Å². The maximum absolute atomic E-state index is 15.0. The normalized spacial score (nSPS) is 14.8. The minimum Gasteiger partial charge on any atom is -0.491 e. The molecule has 0 aliphatic carbocycles. The van der Waals surface area contributed by atoms with Crippen molar-refractivity contribution in [2.45, 2.75) is 78.6 Å². The van der Waals surface area contributed by atoms with E-state index in [9.17, 15) is 14.7 Å². The monoisotopic (exact) mass is 838 g/mol. The summed E-state index contributed by atoms with van der Waals surface area (Å²) in [7, 11) is 0. The number of thiazole rings is 2. The number of aryl methyl sites for hydroxylation is 1. The molecule has 0 spiro atoms. The number of hydrogen-bond donors (Lipinski definition) is 2. The number of halogens is 1. The van der Waals surface area contributed by atoms with E-state index < -0.39 is 11.8 Å². The number of hydrogen-bond acceptors (Lipinski definition) is 12. The highest BCUT2D eigenvalue weighted by Crippen LogP contribution is 2.39. The standard InChI is InChI=1S/C44H51FN8O4S2/c1-4-5-11-29(2)17-20-38(54)52-25-23-51(24-26-52)21-8-12-31-18-19-35(33(45)28-31)57-27-10-16-37-39(42(55)56)47-44(59-37)53-22-9-13-32-30(3)40(49-50-41(32)53)48-43-46-34-14-6-7-15-36(34)58-43/h6-7,14-15,18-19,28-29H,4-5,9-11,13,16-17,20-27H2,1-3H3,(H,55,56)(H,46,48,49). The van der Waals surface area contributed by atoms with E-state index in [1.807, 2.05) is 41.0 Å². The number of rotatable bonds is 16. The summed E-state index contributed by atoms with van der Waals surface area (Å²) >= 11 is 2.88. The molecule has 1 atom stereocenters. The number of benzene rings is 2. The fourth-order valence-electron chi connectivity index (χ4n) is 7.45. The van der Waals surface area contributed by atoms with Crippen LogP contribution in [0, 0.1) is 30.5 Å². The minimum absolute atomic E-state index is 0.00299. The Morgan fingerprint density at radius 3 is 2.64 bits per heavy atom. The number of carbonyl (C=O) groups is 2. The Balaban J connectivity index is 0.890. The molecule has 12 nitrogen and oxygen atoms in total. The van der Waals surface area contributed by atoms with Gasteiger partial charge >= 0.3 is 5.97 Å². The summed E-state index contributed by atoms with van der Waals surface area (Å²) < 4.78 is 21.9. The zero-order chi connectivity index (χ0) is 41.3. The molecule has 1 saturated heterocycles. The lowest BCUT2D eigenvalue weighted by molar-refractivity contribution is -0.133. The molecule has 2 aromatic carbocycles. The fraction of sp³-hybridized carbons (Fsp3) is 0.455. The van der Waals surface area contributed by atoms with Gasteiger partial charge in [0, 0.05) is 60.7 Å². The number of fused-ring (bicyclic) bond motifs is 2. The molecule has 1 fully saturated rings. The second kappa shape index (κ2) is 19.7. The number of unbranched alkanes of at least 4 members (excludes halogenated alkanes) is 1. The third kappa shape index (κ3) is 10.5. The Labute approximate surface area is 352 Å². The van der Waals surface area contributed by atoms with Crippen LogP contribution in [-0.4, -0.2) is 92.8 Å². The van der Waals surface area contributed by atoms with Crippen LogP contribution in [0.3, 0.4) is 0 Å². The number of carbonyl (C=O) groups excluding carboxylic acids is 1. The molecule has 7 rings (SSSR count). The van der Waals surface area contributed by atoms with E-state index in [-0.39, 0.29) is 24.0 Å². The van der Waals surface area contributed by atoms with Crippen molar-refractivity contribution in [3.63, 3.8) is 0 Å². The van der Waals surface area contributed by atoms with Gasteiger partial charge in [0.15, 0.2) is 39.2 Å². The van der Waals surface area contributed by atoms with Gasteiger partial charge in [-0.15, -0.1) is 21.5 Å². The van der Waals surface area contributed by atoms with E-state index >= 15 is 4.39 Å². The summed E-state index contributed by atoms with van der Waals surface area (Å²) in [5, 5.41) is 23.8. The molecule has 1 unspecified atom stereocenters. The van der Waals surface area contributed by atoms with E-state index in [0.717, 1.165) is 58.8 Å². The fourth-order valence-corrected chi connectivity index (χ4v) is 9.43. The third-order valence-electron chi connectivity index (χ3n) is 10.9. The van der Waals surface area contributed by atoms with Crippen LogP contribution in [-0.2, 0) is 17.6 Å². The lowest BCUT2D eigenvalue weighted by atomic mass is 9.98. The Kier molecular flexibility index (Phi) is 14.0. The van der Waals surface area contributed by atoms with Crippen LogP contribution < -0.4 is 15.0 Å². The van der Waals surface area contributed by atoms with Crippen molar-refractivity contribution in [3.8, 4) is 17.6 Å². The van der Waals surface area contributed by atoms with Gasteiger partial charge in [0.05, 0.1) is 23.4 Å². The highest BCUT2D eigenvalue weighted by atomic mass is 32.1. The first-order chi connectivity index (χ1) is 28.7.